The Kier molecular flexibility index (Phi) is 5.61. The third-order valence-corrected chi connectivity index (χ3v) is 4.77. The van der Waals surface area contributed by atoms with Crippen LogP contribution in [0.5, 0.6) is 11.5 Å². The minimum absolute atomic E-state index is 0.203. The molecule has 6 heteroatoms. The number of carbonyl (C=O) groups excluding carboxylic acids is 1. The SMILES string of the molecule is COc1ccc(OC)c(NC(=O)c2ccnc(N3CCC(C)CC3)c2)c1. The highest BCUT2D eigenvalue weighted by molar-refractivity contribution is 6.05. The summed E-state index contributed by atoms with van der Waals surface area (Å²) in [5.41, 5.74) is 1.14. The number of nitrogens with one attached hydrogen (secondary N) is 1. The Hall–Kier alpha value is -2.76. The molecule has 1 aliphatic heterocycles. The van der Waals surface area contributed by atoms with Crippen LogP contribution in [0.15, 0.2) is 36.5 Å². The summed E-state index contributed by atoms with van der Waals surface area (Å²) in [6, 6.07) is 8.86. The number of carbonyl (C=O) groups is 1. The van der Waals surface area contributed by atoms with Gasteiger partial charge < -0.3 is 19.7 Å². The number of anilines is 2. The fourth-order valence-corrected chi connectivity index (χ4v) is 3.08. The molecule has 0 saturated carbocycles. The Balaban J connectivity index is 1.77. The van der Waals surface area contributed by atoms with Gasteiger partial charge in [-0.2, -0.15) is 0 Å². The standard InChI is InChI=1S/C20H25N3O3/c1-14-7-10-23(11-8-14)19-12-15(6-9-21-19)20(24)22-17-13-16(25-2)4-5-18(17)26-3/h4-6,9,12-14H,7-8,10-11H2,1-3H3,(H,22,24). The Morgan fingerprint density at radius 1 is 1.15 bits per heavy atom. The van der Waals surface area contributed by atoms with Gasteiger partial charge in [-0.25, -0.2) is 4.98 Å². The summed E-state index contributed by atoms with van der Waals surface area (Å²) < 4.78 is 10.5. The van der Waals surface area contributed by atoms with Crippen LogP contribution in [0.3, 0.4) is 0 Å². The van der Waals surface area contributed by atoms with Crippen LogP contribution in [0.4, 0.5) is 11.5 Å². The van der Waals surface area contributed by atoms with Crippen molar-refractivity contribution in [1.82, 2.24) is 4.98 Å². The molecule has 6 nitrogen and oxygen atoms in total. The summed E-state index contributed by atoms with van der Waals surface area (Å²) in [4.78, 5) is 19.4. The van der Waals surface area contributed by atoms with E-state index < -0.39 is 0 Å². The third-order valence-electron chi connectivity index (χ3n) is 4.77. The van der Waals surface area contributed by atoms with Gasteiger partial charge in [0, 0.05) is 30.9 Å². The molecule has 3 rings (SSSR count). The summed E-state index contributed by atoms with van der Waals surface area (Å²) in [6.45, 7) is 4.22. The summed E-state index contributed by atoms with van der Waals surface area (Å²) in [7, 11) is 3.15. The van der Waals surface area contributed by atoms with Crippen LogP contribution < -0.4 is 19.7 Å². The first-order valence-corrected chi connectivity index (χ1v) is 8.85. The zero-order valence-electron chi connectivity index (χ0n) is 15.5. The number of ether oxygens (including phenoxy) is 2. The molecular weight excluding hydrogens is 330 g/mol. The number of pyridine rings is 1. The third kappa shape index (κ3) is 4.07. The van der Waals surface area contributed by atoms with E-state index in [4.69, 9.17) is 9.47 Å². The molecule has 1 N–H and O–H groups in total. The van der Waals surface area contributed by atoms with E-state index in [1.807, 2.05) is 6.07 Å². The van der Waals surface area contributed by atoms with Gasteiger partial charge in [-0.05, 0) is 43.0 Å². The molecule has 1 aromatic carbocycles. The quantitative estimate of drug-likeness (QED) is 0.888. The van der Waals surface area contributed by atoms with Crippen molar-refractivity contribution in [1.29, 1.82) is 0 Å². The molecule has 0 aliphatic carbocycles. The predicted molar refractivity (Wildman–Crippen MR) is 102 cm³/mol. The molecule has 1 fully saturated rings. The lowest BCUT2D eigenvalue weighted by Gasteiger charge is -2.31. The molecule has 1 aliphatic rings. The number of nitrogens with zero attached hydrogens (tertiary/aromatic N) is 2. The van der Waals surface area contributed by atoms with E-state index >= 15 is 0 Å². The van der Waals surface area contributed by atoms with Gasteiger partial charge in [-0.3, -0.25) is 4.79 Å². The summed E-state index contributed by atoms with van der Waals surface area (Å²) in [5.74, 6) is 2.63. The van der Waals surface area contributed by atoms with Crippen LogP contribution in [0.2, 0.25) is 0 Å². The van der Waals surface area contributed by atoms with E-state index in [9.17, 15) is 4.79 Å². The van der Waals surface area contributed by atoms with Crippen molar-refractivity contribution in [3.8, 4) is 11.5 Å². The van der Waals surface area contributed by atoms with E-state index in [-0.39, 0.29) is 5.91 Å². The molecule has 138 valence electrons. The number of amides is 1. The minimum Gasteiger partial charge on any atom is -0.497 e. The molecule has 2 aromatic rings. The fourth-order valence-electron chi connectivity index (χ4n) is 3.08. The average molecular weight is 355 g/mol. The first-order chi connectivity index (χ1) is 12.6. The Bertz CT molecular complexity index is 771. The normalized spacial score (nSPS) is 14.8. The maximum Gasteiger partial charge on any atom is 0.255 e. The monoisotopic (exact) mass is 355 g/mol. The van der Waals surface area contributed by atoms with E-state index in [2.05, 4.69) is 22.1 Å². The van der Waals surface area contributed by atoms with Gasteiger partial charge in [-0.15, -0.1) is 0 Å². The van der Waals surface area contributed by atoms with Gasteiger partial charge >= 0.3 is 0 Å². The average Bonchev–Trinajstić information content (AvgIpc) is 2.68. The highest BCUT2D eigenvalue weighted by Gasteiger charge is 2.18. The summed E-state index contributed by atoms with van der Waals surface area (Å²) >= 11 is 0. The number of methoxy groups -OCH3 is 2. The zero-order chi connectivity index (χ0) is 18.5. The Morgan fingerprint density at radius 3 is 2.62 bits per heavy atom. The lowest BCUT2D eigenvalue weighted by atomic mass is 9.99. The van der Waals surface area contributed by atoms with Crippen LogP contribution in [0.25, 0.3) is 0 Å². The van der Waals surface area contributed by atoms with E-state index in [1.54, 1.807) is 44.7 Å². The zero-order valence-corrected chi connectivity index (χ0v) is 15.5. The lowest BCUT2D eigenvalue weighted by Crippen LogP contribution is -2.33. The van der Waals surface area contributed by atoms with Gasteiger partial charge in [0.2, 0.25) is 0 Å². The minimum atomic E-state index is -0.203. The molecule has 0 unspecified atom stereocenters. The van der Waals surface area contributed by atoms with Crippen LogP contribution in [-0.2, 0) is 0 Å². The molecule has 2 heterocycles. The molecule has 1 amide bonds. The van der Waals surface area contributed by atoms with Crippen LogP contribution in [-0.4, -0.2) is 38.2 Å². The topological polar surface area (TPSA) is 63.7 Å². The first-order valence-electron chi connectivity index (χ1n) is 8.85. The highest BCUT2D eigenvalue weighted by Crippen LogP contribution is 2.29. The van der Waals surface area contributed by atoms with Crippen molar-refractivity contribution >= 4 is 17.4 Å². The largest absolute Gasteiger partial charge is 0.497 e. The summed E-state index contributed by atoms with van der Waals surface area (Å²) in [6.07, 6.45) is 3.99. The number of benzene rings is 1. The molecule has 1 saturated heterocycles. The highest BCUT2D eigenvalue weighted by atomic mass is 16.5. The van der Waals surface area contributed by atoms with Crippen LogP contribution in [0, 0.1) is 5.92 Å². The smallest absolute Gasteiger partial charge is 0.255 e. The lowest BCUT2D eigenvalue weighted by molar-refractivity contribution is 0.102. The molecule has 1 aromatic heterocycles. The molecule has 0 radical (unpaired) electrons. The first kappa shape index (κ1) is 18.0. The Labute approximate surface area is 154 Å². The van der Waals surface area contributed by atoms with Gasteiger partial charge in [0.25, 0.3) is 5.91 Å². The van der Waals surface area contributed by atoms with Gasteiger partial charge in [0.05, 0.1) is 19.9 Å². The molecular formula is C20H25N3O3. The van der Waals surface area contributed by atoms with E-state index in [0.29, 0.717) is 22.7 Å². The second-order valence-electron chi connectivity index (χ2n) is 6.59. The maximum absolute atomic E-state index is 12.7. The van der Waals surface area contributed by atoms with Crippen molar-refractivity contribution in [3.63, 3.8) is 0 Å². The van der Waals surface area contributed by atoms with Crippen LogP contribution >= 0.6 is 0 Å². The second-order valence-corrected chi connectivity index (χ2v) is 6.59. The van der Waals surface area contributed by atoms with Gasteiger partial charge in [0.1, 0.15) is 17.3 Å². The van der Waals surface area contributed by atoms with Crippen LogP contribution in [0.1, 0.15) is 30.1 Å². The fraction of sp³-hybridized carbons (Fsp3) is 0.400. The number of rotatable bonds is 5. The van der Waals surface area contributed by atoms with E-state index in [0.717, 1.165) is 37.7 Å². The maximum atomic E-state index is 12.7. The van der Waals surface area contributed by atoms with Crippen molar-refractivity contribution in [3.05, 3.63) is 42.1 Å². The molecule has 0 bridgehead atoms. The molecule has 26 heavy (non-hydrogen) atoms. The van der Waals surface area contributed by atoms with Crippen molar-refractivity contribution in [2.45, 2.75) is 19.8 Å². The predicted octanol–water partition coefficient (Wildman–Crippen LogP) is 3.59. The second kappa shape index (κ2) is 8.08. The number of hydrogen-bond acceptors (Lipinski definition) is 5. The number of aromatic nitrogens is 1. The van der Waals surface area contributed by atoms with Crippen molar-refractivity contribution in [2.24, 2.45) is 5.92 Å². The number of hydrogen-bond donors (Lipinski definition) is 1. The summed E-state index contributed by atoms with van der Waals surface area (Å²) in [5, 5.41) is 2.90. The van der Waals surface area contributed by atoms with Gasteiger partial charge in [-0.1, -0.05) is 6.92 Å². The van der Waals surface area contributed by atoms with Crippen molar-refractivity contribution < 1.29 is 14.3 Å². The van der Waals surface area contributed by atoms with Gasteiger partial charge in [0.15, 0.2) is 0 Å². The van der Waals surface area contributed by atoms with Crippen molar-refractivity contribution in [2.75, 3.05) is 37.5 Å². The molecule has 0 spiro atoms. The molecule has 0 atom stereocenters. The van der Waals surface area contributed by atoms with E-state index in [1.165, 1.54) is 0 Å². The Morgan fingerprint density at radius 2 is 1.92 bits per heavy atom. The number of piperidine rings is 1.